The van der Waals surface area contributed by atoms with Crippen molar-refractivity contribution in [3.63, 3.8) is 0 Å². The van der Waals surface area contributed by atoms with Gasteiger partial charge in [-0.1, -0.05) is 96.2 Å². The maximum Gasteiger partial charge on any atom is 0.280 e. The van der Waals surface area contributed by atoms with Gasteiger partial charge in [0.1, 0.15) is 23.3 Å². The Bertz CT molecular complexity index is 1370. The smallest absolute Gasteiger partial charge is 0.280 e. The molecule has 5 rings (SSSR count). The Morgan fingerprint density at radius 2 is 1.43 bits per heavy atom. The Morgan fingerprint density at radius 1 is 0.865 bits per heavy atom. The highest BCUT2D eigenvalue weighted by atomic mass is 32.1. The SMILES string of the molecule is CO/N=C(/C(=O)Nc1cncs1)c1csc(NC(c2ccccc2)(c2ccccc2)c2ccccc2)n1. The van der Waals surface area contributed by atoms with Crippen LogP contribution in [0.5, 0.6) is 0 Å². The van der Waals surface area contributed by atoms with Gasteiger partial charge < -0.3 is 15.5 Å². The zero-order valence-electron chi connectivity index (χ0n) is 19.9. The molecular formula is C28H23N5O2S2. The molecule has 184 valence electrons. The first-order valence-corrected chi connectivity index (χ1v) is 13.2. The predicted octanol–water partition coefficient (Wildman–Crippen LogP) is 5.99. The first kappa shape index (κ1) is 24.4. The molecule has 2 heterocycles. The summed E-state index contributed by atoms with van der Waals surface area (Å²) in [5.41, 5.74) is 4.55. The van der Waals surface area contributed by atoms with E-state index >= 15 is 0 Å². The number of benzene rings is 3. The highest BCUT2D eigenvalue weighted by Gasteiger charge is 2.37. The highest BCUT2D eigenvalue weighted by Crippen LogP contribution is 2.40. The third kappa shape index (κ3) is 5.13. The van der Waals surface area contributed by atoms with Crippen LogP contribution in [0.4, 0.5) is 10.1 Å². The largest absolute Gasteiger partial charge is 0.398 e. The molecule has 0 saturated carbocycles. The molecule has 7 nitrogen and oxygen atoms in total. The fourth-order valence-electron chi connectivity index (χ4n) is 4.13. The number of nitrogens with one attached hydrogen (secondary N) is 2. The lowest BCUT2D eigenvalue weighted by Gasteiger charge is -2.36. The van der Waals surface area contributed by atoms with E-state index in [1.165, 1.54) is 29.8 Å². The van der Waals surface area contributed by atoms with E-state index in [4.69, 9.17) is 9.82 Å². The van der Waals surface area contributed by atoms with Crippen LogP contribution in [0.25, 0.3) is 0 Å². The average Bonchev–Trinajstić information content (AvgIpc) is 3.64. The van der Waals surface area contributed by atoms with Crippen LogP contribution in [0.1, 0.15) is 22.4 Å². The molecule has 3 aromatic carbocycles. The standard InChI is InChI=1S/C28H23N5O2S2/c1-35-33-25(26(34)31-24-17-29-19-37-24)23-18-36-27(30-23)32-28(20-11-5-2-6-12-20,21-13-7-3-8-14-21)22-15-9-4-10-16-22/h2-19H,1H3,(H,30,32)(H,31,34)/b33-25+. The van der Waals surface area contributed by atoms with E-state index < -0.39 is 11.4 Å². The number of hydrogen-bond acceptors (Lipinski definition) is 8. The third-order valence-corrected chi connectivity index (χ3v) is 7.17. The first-order chi connectivity index (χ1) is 18.2. The van der Waals surface area contributed by atoms with Crippen LogP contribution in [0.15, 0.2) is 113 Å². The fraction of sp³-hybridized carbons (Fsp3) is 0.0714. The summed E-state index contributed by atoms with van der Waals surface area (Å²) in [4.78, 5) is 26.7. The summed E-state index contributed by atoms with van der Waals surface area (Å²) in [6.07, 6.45) is 1.58. The minimum Gasteiger partial charge on any atom is -0.398 e. The Labute approximate surface area is 222 Å². The number of rotatable bonds is 9. The van der Waals surface area contributed by atoms with E-state index in [0.717, 1.165) is 16.7 Å². The van der Waals surface area contributed by atoms with Crippen LogP contribution >= 0.6 is 22.7 Å². The number of anilines is 2. The molecule has 5 aromatic rings. The van der Waals surface area contributed by atoms with Gasteiger partial charge in [0.15, 0.2) is 10.8 Å². The van der Waals surface area contributed by atoms with Gasteiger partial charge in [0.25, 0.3) is 5.91 Å². The minimum absolute atomic E-state index is 0.0740. The van der Waals surface area contributed by atoms with Crippen molar-refractivity contribution in [1.29, 1.82) is 0 Å². The van der Waals surface area contributed by atoms with Crippen LogP contribution in [0.2, 0.25) is 0 Å². The monoisotopic (exact) mass is 525 g/mol. The van der Waals surface area contributed by atoms with Gasteiger partial charge in [-0.3, -0.25) is 9.78 Å². The number of amides is 1. The molecule has 9 heteroatoms. The molecular weight excluding hydrogens is 502 g/mol. The third-order valence-electron chi connectivity index (χ3n) is 5.73. The van der Waals surface area contributed by atoms with Gasteiger partial charge in [0, 0.05) is 5.38 Å². The van der Waals surface area contributed by atoms with Crippen molar-refractivity contribution in [2.45, 2.75) is 5.54 Å². The van der Waals surface area contributed by atoms with Crippen molar-refractivity contribution < 1.29 is 9.63 Å². The van der Waals surface area contributed by atoms with Gasteiger partial charge in [-0.25, -0.2) is 4.98 Å². The van der Waals surface area contributed by atoms with E-state index in [1.807, 2.05) is 54.6 Å². The summed E-state index contributed by atoms with van der Waals surface area (Å²) in [6.45, 7) is 0. The van der Waals surface area contributed by atoms with Gasteiger partial charge in [0.05, 0.1) is 11.7 Å². The lowest BCUT2D eigenvalue weighted by atomic mass is 9.77. The van der Waals surface area contributed by atoms with Crippen LogP contribution in [0.3, 0.4) is 0 Å². The van der Waals surface area contributed by atoms with E-state index in [9.17, 15) is 4.79 Å². The second-order valence-corrected chi connectivity index (χ2v) is 9.70. The Hall–Kier alpha value is -4.34. The molecule has 0 aliphatic heterocycles. The zero-order chi connectivity index (χ0) is 25.5. The molecule has 1 amide bonds. The first-order valence-electron chi connectivity index (χ1n) is 11.4. The summed E-state index contributed by atoms with van der Waals surface area (Å²) in [6, 6.07) is 30.8. The molecule has 0 bridgehead atoms. The summed E-state index contributed by atoms with van der Waals surface area (Å²) in [5, 5.41) is 13.5. The molecule has 0 atom stereocenters. The number of aromatic nitrogens is 2. The van der Waals surface area contributed by atoms with E-state index in [0.29, 0.717) is 15.8 Å². The Balaban J connectivity index is 1.58. The van der Waals surface area contributed by atoms with Crippen molar-refractivity contribution in [2.75, 3.05) is 17.7 Å². The summed E-state index contributed by atoms with van der Waals surface area (Å²) >= 11 is 2.71. The van der Waals surface area contributed by atoms with Crippen LogP contribution in [-0.4, -0.2) is 28.7 Å². The van der Waals surface area contributed by atoms with Crippen LogP contribution in [-0.2, 0) is 15.2 Å². The molecule has 0 aliphatic rings. The average molecular weight is 526 g/mol. The maximum atomic E-state index is 13.0. The Kier molecular flexibility index (Phi) is 7.34. The normalized spacial score (nSPS) is 11.6. The van der Waals surface area contributed by atoms with Gasteiger partial charge in [-0.05, 0) is 16.7 Å². The van der Waals surface area contributed by atoms with E-state index in [-0.39, 0.29) is 5.71 Å². The second kappa shape index (κ2) is 11.2. The predicted molar refractivity (Wildman–Crippen MR) is 149 cm³/mol. The van der Waals surface area contributed by atoms with E-state index in [2.05, 4.69) is 57.2 Å². The molecule has 2 N–H and O–H groups in total. The second-order valence-electron chi connectivity index (χ2n) is 7.95. The molecule has 37 heavy (non-hydrogen) atoms. The molecule has 0 spiro atoms. The van der Waals surface area contributed by atoms with E-state index in [1.54, 1.807) is 17.1 Å². The quantitative estimate of drug-likeness (QED) is 0.140. The number of carbonyl (C=O) groups is 1. The van der Waals surface area contributed by atoms with Crippen molar-refractivity contribution >= 4 is 44.4 Å². The highest BCUT2D eigenvalue weighted by molar-refractivity contribution is 7.14. The molecule has 2 aromatic heterocycles. The van der Waals surface area contributed by atoms with Crippen molar-refractivity contribution in [3.05, 3.63) is 130 Å². The molecule has 0 aliphatic carbocycles. The van der Waals surface area contributed by atoms with Crippen LogP contribution in [0, 0.1) is 0 Å². The van der Waals surface area contributed by atoms with Crippen LogP contribution < -0.4 is 10.6 Å². The molecule has 0 fully saturated rings. The van der Waals surface area contributed by atoms with Gasteiger partial charge >= 0.3 is 0 Å². The molecule has 0 radical (unpaired) electrons. The number of oxime groups is 1. The minimum atomic E-state index is -0.734. The maximum absolute atomic E-state index is 13.0. The number of carbonyl (C=O) groups excluding carboxylic acids is 1. The van der Waals surface area contributed by atoms with Gasteiger partial charge in [0.2, 0.25) is 0 Å². The number of nitrogens with zero attached hydrogens (tertiary/aromatic N) is 3. The van der Waals surface area contributed by atoms with Crippen molar-refractivity contribution in [3.8, 4) is 0 Å². The lowest BCUT2D eigenvalue weighted by molar-refractivity contribution is -0.110. The summed E-state index contributed by atoms with van der Waals surface area (Å²) in [7, 11) is 1.40. The lowest BCUT2D eigenvalue weighted by Crippen LogP contribution is -2.38. The molecule has 0 unspecified atom stereocenters. The Morgan fingerprint density at radius 3 is 1.92 bits per heavy atom. The van der Waals surface area contributed by atoms with Crippen molar-refractivity contribution in [2.24, 2.45) is 5.16 Å². The number of hydrogen-bond donors (Lipinski definition) is 2. The fourth-order valence-corrected chi connectivity index (χ4v) is 5.38. The summed E-state index contributed by atoms with van der Waals surface area (Å²) in [5.74, 6) is -0.427. The summed E-state index contributed by atoms with van der Waals surface area (Å²) < 4.78 is 0. The number of thiazole rings is 2. The molecule has 0 saturated heterocycles. The zero-order valence-corrected chi connectivity index (χ0v) is 21.5. The topological polar surface area (TPSA) is 88.5 Å². The van der Waals surface area contributed by atoms with Gasteiger partial charge in [-0.2, -0.15) is 0 Å². The van der Waals surface area contributed by atoms with Gasteiger partial charge in [-0.15, -0.1) is 22.7 Å². The van der Waals surface area contributed by atoms with Crippen molar-refractivity contribution in [1.82, 2.24) is 9.97 Å².